The predicted octanol–water partition coefficient (Wildman–Crippen LogP) is 4.08. The van der Waals surface area contributed by atoms with Gasteiger partial charge in [-0.1, -0.05) is 17.7 Å². The molecular weight excluding hydrogens is 600 g/mol. The van der Waals surface area contributed by atoms with Crippen LogP contribution >= 0.6 is 11.6 Å². The summed E-state index contributed by atoms with van der Waals surface area (Å²) in [5.74, 6) is -0.246. The number of benzene rings is 2. The largest absolute Gasteiger partial charge is 0.453 e. The number of fused-ring (bicyclic) bond motifs is 6. The van der Waals surface area contributed by atoms with Crippen LogP contribution in [0.2, 0.25) is 5.02 Å². The number of hydrogen-bond donors (Lipinski definition) is 4. The molecule has 3 amide bonds. The molecule has 0 saturated heterocycles. The number of aryl methyl sites for hydroxylation is 1. The van der Waals surface area contributed by atoms with Crippen molar-refractivity contribution in [3.63, 3.8) is 0 Å². The molecule has 6 rings (SSSR count). The van der Waals surface area contributed by atoms with Crippen molar-refractivity contribution in [2.24, 2.45) is 0 Å². The maximum absolute atomic E-state index is 13.4. The molecule has 15 heteroatoms. The van der Waals surface area contributed by atoms with Crippen LogP contribution in [0.15, 0.2) is 73.2 Å². The van der Waals surface area contributed by atoms with Gasteiger partial charge < -0.3 is 20.4 Å². The van der Waals surface area contributed by atoms with E-state index >= 15 is 0 Å². The van der Waals surface area contributed by atoms with Gasteiger partial charge in [-0.25, -0.2) is 9.78 Å². The maximum atomic E-state index is 13.4. The number of carbonyl (C=O) groups excluding carboxylic acids is 3. The lowest BCUT2D eigenvalue weighted by molar-refractivity contribution is -0.117. The summed E-state index contributed by atoms with van der Waals surface area (Å²) < 4.78 is 6.16. The summed E-state index contributed by atoms with van der Waals surface area (Å²) in [5, 5.41) is 20.3. The minimum absolute atomic E-state index is 0.154. The molecule has 4 heterocycles. The Bertz CT molecular complexity index is 1920. The lowest BCUT2D eigenvalue weighted by Gasteiger charge is -2.16. The molecule has 0 aliphatic carbocycles. The molecule has 2 aromatic carbocycles. The first-order valence-electron chi connectivity index (χ1n) is 13.7. The molecule has 0 radical (unpaired) electrons. The lowest BCUT2D eigenvalue weighted by atomic mass is 10.1. The SMILES string of the molecule is COC(=O)Nc1ccc2c(c1)NC(=O)CCc1cccc(n1)C(NC(=O)/C=C/c1cc(Cl)ccc1-n1cnnn1)c1ncc-2[nH]1. The highest BCUT2D eigenvalue weighted by Crippen LogP contribution is 2.32. The van der Waals surface area contributed by atoms with Gasteiger partial charge in [0.2, 0.25) is 11.8 Å². The Morgan fingerprint density at radius 3 is 2.84 bits per heavy atom. The third kappa shape index (κ3) is 6.70. The Labute approximate surface area is 260 Å². The zero-order chi connectivity index (χ0) is 31.3. The van der Waals surface area contributed by atoms with Gasteiger partial charge in [-0.05, 0) is 71.5 Å². The van der Waals surface area contributed by atoms with Crippen molar-refractivity contribution >= 4 is 47.0 Å². The van der Waals surface area contributed by atoms with Crippen molar-refractivity contribution in [3.05, 3.63) is 101 Å². The number of carbonyl (C=O) groups is 3. The molecule has 5 aromatic rings. The average molecular weight is 625 g/mol. The van der Waals surface area contributed by atoms with Crippen LogP contribution in [0.4, 0.5) is 16.2 Å². The molecule has 4 N–H and O–H groups in total. The monoisotopic (exact) mass is 624 g/mol. The fourth-order valence-corrected chi connectivity index (χ4v) is 4.96. The minimum Gasteiger partial charge on any atom is -0.453 e. The number of hydrogen-bond acceptors (Lipinski definition) is 9. The van der Waals surface area contributed by atoms with Crippen molar-refractivity contribution in [2.75, 3.05) is 17.7 Å². The van der Waals surface area contributed by atoms with E-state index in [1.165, 1.54) is 24.2 Å². The van der Waals surface area contributed by atoms with Gasteiger partial charge in [0.25, 0.3) is 0 Å². The number of aromatic amines is 1. The van der Waals surface area contributed by atoms with E-state index < -0.39 is 18.0 Å². The predicted molar refractivity (Wildman–Crippen MR) is 164 cm³/mol. The molecule has 0 spiro atoms. The Kier molecular flexibility index (Phi) is 8.28. The number of halogens is 1. The summed E-state index contributed by atoms with van der Waals surface area (Å²) in [7, 11) is 1.26. The van der Waals surface area contributed by atoms with E-state index in [2.05, 4.69) is 46.2 Å². The van der Waals surface area contributed by atoms with E-state index in [0.717, 1.165) is 0 Å². The third-order valence-corrected chi connectivity index (χ3v) is 7.14. The molecule has 3 aromatic heterocycles. The van der Waals surface area contributed by atoms with Crippen molar-refractivity contribution in [3.8, 4) is 16.9 Å². The second-order valence-electron chi connectivity index (χ2n) is 9.89. The fraction of sp³-hybridized carbons (Fsp3) is 0.133. The average Bonchev–Trinajstić information content (AvgIpc) is 3.75. The molecule has 45 heavy (non-hydrogen) atoms. The summed E-state index contributed by atoms with van der Waals surface area (Å²) in [4.78, 5) is 50.7. The minimum atomic E-state index is -0.762. The second kappa shape index (κ2) is 12.8. The van der Waals surface area contributed by atoms with Gasteiger partial charge in [-0.15, -0.1) is 5.10 Å². The van der Waals surface area contributed by atoms with Gasteiger partial charge in [0.15, 0.2) is 0 Å². The standard InChI is InChI=1S/C30H25ClN10O4/c1-45-30(44)35-20-7-9-21-23(14-20)36-26(42)12-8-19-3-2-4-22(34-19)28(29-32-15-24(21)37-29)38-27(43)11-5-17-13-18(31)6-10-25(17)41-16-33-39-40-41/h2-7,9-11,13-16,28H,8,12H2,1H3,(H,32,37)(H,35,44)(H,36,42)(H,38,43)/b11-5+. The van der Waals surface area contributed by atoms with Crippen LogP contribution in [0.1, 0.15) is 35.2 Å². The number of amides is 3. The molecular formula is C30H25ClN10O4. The Morgan fingerprint density at radius 1 is 1.13 bits per heavy atom. The zero-order valence-electron chi connectivity index (χ0n) is 23.7. The highest BCUT2D eigenvalue weighted by Gasteiger charge is 2.23. The second-order valence-corrected chi connectivity index (χ2v) is 10.3. The number of pyridine rings is 1. The molecule has 0 fully saturated rings. The van der Waals surface area contributed by atoms with Gasteiger partial charge in [0, 0.05) is 40.0 Å². The number of ether oxygens (including phenoxy) is 1. The van der Waals surface area contributed by atoms with E-state index in [9.17, 15) is 14.4 Å². The number of imidazole rings is 1. The van der Waals surface area contributed by atoms with Gasteiger partial charge >= 0.3 is 6.09 Å². The lowest BCUT2D eigenvalue weighted by Crippen LogP contribution is -2.29. The number of anilines is 2. The fourth-order valence-electron chi connectivity index (χ4n) is 4.78. The van der Waals surface area contributed by atoms with Gasteiger partial charge in [-0.3, -0.25) is 19.9 Å². The van der Waals surface area contributed by atoms with E-state index in [4.69, 9.17) is 16.6 Å². The van der Waals surface area contributed by atoms with Crippen molar-refractivity contribution < 1.29 is 19.1 Å². The number of H-pyrrole nitrogens is 1. The first-order valence-corrected chi connectivity index (χ1v) is 14.1. The molecule has 1 unspecified atom stereocenters. The number of methoxy groups -OCH3 is 1. The number of aromatic nitrogens is 7. The van der Waals surface area contributed by atoms with Gasteiger partial charge in [-0.2, -0.15) is 4.68 Å². The van der Waals surface area contributed by atoms with Gasteiger partial charge in [0.05, 0.1) is 36.1 Å². The first kappa shape index (κ1) is 29.2. The van der Waals surface area contributed by atoms with E-state index in [0.29, 0.717) is 62.5 Å². The topological polar surface area (TPSA) is 182 Å². The summed E-state index contributed by atoms with van der Waals surface area (Å²) in [6.07, 6.45) is 5.90. The molecule has 1 aliphatic rings. The highest BCUT2D eigenvalue weighted by molar-refractivity contribution is 6.30. The summed E-state index contributed by atoms with van der Waals surface area (Å²) in [6, 6.07) is 14.8. The Balaban J connectivity index is 1.34. The zero-order valence-corrected chi connectivity index (χ0v) is 24.4. The van der Waals surface area contributed by atoms with E-state index in [-0.39, 0.29) is 12.3 Å². The molecule has 0 saturated carbocycles. The quantitative estimate of drug-likeness (QED) is 0.209. The molecule has 14 nitrogen and oxygen atoms in total. The van der Waals surface area contributed by atoms with Crippen LogP contribution in [0, 0.1) is 0 Å². The van der Waals surface area contributed by atoms with Crippen molar-refractivity contribution in [1.29, 1.82) is 0 Å². The van der Waals surface area contributed by atoms with Crippen LogP contribution in [-0.2, 0) is 20.7 Å². The summed E-state index contributed by atoms with van der Waals surface area (Å²) in [6.45, 7) is 0. The van der Waals surface area contributed by atoms with Crippen LogP contribution in [0.5, 0.6) is 0 Å². The smallest absolute Gasteiger partial charge is 0.411 e. The number of rotatable bonds is 5. The highest BCUT2D eigenvalue weighted by atomic mass is 35.5. The number of nitrogens with zero attached hydrogens (tertiary/aromatic N) is 6. The Morgan fingerprint density at radius 2 is 2.02 bits per heavy atom. The Hall–Kier alpha value is -5.89. The number of tetrazole rings is 1. The molecule has 1 atom stereocenters. The van der Waals surface area contributed by atoms with Crippen molar-refractivity contribution in [1.82, 2.24) is 40.5 Å². The third-order valence-electron chi connectivity index (χ3n) is 6.90. The van der Waals surface area contributed by atoms with E-state index in [1.807, 2.05) is 12.1 Å². The van der Waals surface area contributed by atoms with Crippen LogP contribution < -0.4 is 16.0 Å². The number of nitrogens with one attached hydrogen (secondary N) is 4. The molecule has 226 valence electrons. The van der Waals surface area contributed by atoms with Crippen LogP contribution in [0.3, 0.4) is 0 Å². The summed E-state index contributed by atoms with van der Waals surface area (Å²) in [5.41, 5.74) is 4.52. The molecule has 1 aliphatic heterocycles. The van der Waals surface area contributed by atoms with Crippen LogP contribution in [0.25, 0.3) is 23.0 Å². The first-order chi connectivity index (χ1) is 21.9. The maximum Gasteiger partial charge on any atom is 0.411 e. The normalized spacial score (nSPS) is 14.4. The van der Waals surface area contributed by atoms with Gasteiger partial charge in [0.1, 0.15) is 18.2 Å². The van der Waals surface area contributed by atoms with E-state index in [1.54, 1.807) is 54.7 Å². The van der Waals surface area contributed by atoms with Crippen LogP contribution in [-0.4, -0.2) is 60.2 Å². The van der Waals surface area contributed by atoms with Crippen molar-refractivity contribution in [2.45, 2.75) is 18.9 Å². The molecule has 4 bridgehead atoms. The summed E-state index contributed by atoms with van der Waals surface area (Å²) >= 11 is 6.23.